The van der Waals surface area contributed by atoms with E-state index in [1.165, 1.54) is 70.6 Å². The van der Waals surface area contributed by atoms with Crippen molar-refractivity contribution in [3.05, 3.63) is 60.9 Å². The minimum absolute atomic E-state index is 0.165. The molecule has 0 aliphatic heterocycles. The van der Waals surface area contributed by atoms with Gasteiger partial charge < -0.3 is 9.47 Å². The third kappa shape index (κ3) is 12.8. The summed E-state index contributed by atoms with van der Waals surface area (Å²) >= 11 is 0. The normalized spacial score (nSPS) is 11.8. The lowest BCUT2D eigenvalue weighted by Gasteiger charge is -2.08. The summed E-state index contributed by atoms with van der Waals surface area (Å²) in [5.41, 5.74) is 2.85. The van der Waals surface area contributed by atoms with Gasteiger partial charge in [0.15, 0.2) is 5.82 Å². The number of ether oxygens (including phenoxy) is 2. The smallest absolute Gasteiger partial charge is 0.311 e. The maximum atomic E-state index is 12.2. The first-order valence-corrected chi connectivity index (χ1v) is 16.5. The van der Waals surface area contributed by atoms with Crippen LogP contribution in [0.2, 0.25) is 0 Å². The van der Waals surface area contributed by atoms with Crippen molar-refractivity contribution in [2.24, 2.45) is 5.92 Å². The molecule has 0 spiro atoms. The van der Waals surface area contributed by atoms with Gasteiger partial charge in [-0.2, -0.15) is 0 Å². The quantitative estimate of drug-likeness (QED) is 0.0722. The largest absolute Gasteiger partial charge is 0.494 e. The van der Waals surface area contributed by atoms with Crippen molar-refractivity contribution >= 4 is 5.97 Å². The molecule has 0 saturated heterocycles. The van der Waals surface area contributed by atoms with Crippen LogP contribution in [0.4, 0.5) is 0 Å². The van der Waals surface area contributed by atoms with Crippen molar-refractivity contribution < 1.29 is 14.3 Å². The van der Waals surface area contributed by atoms with Crippen molar-refractivity contribution in [3.63, 3.8) is 0 Å². The Balaban J connectivity index is 1.36. The molecule has 42 heavy (non-hydrogen) atoms. The molecule has 1 unspecified atom stereocenters. The van der Waals surface area contributed by atoms with Crippen LogP contribution in [0, 0.1) is 5.92 Å². The lowest BCUT2D eigenvalue weighted by atomic mass is 10.0. The summed E-state index contributed by atoms with van der Waals surface area (Å²) in [6.07, 6.45) is 21.4. The number of aromatic nitrogens is 2. The van der Waals surface area contributed by atoms with E-state index in [1.807, 2.05) is 60.9 Å². The van der Waals surface area contributed by atoms with E-state index in [0.717, 1.165) is 54.2 Å². The van der Waals surface area contributed by atoms with Gasteiger partial charge in [-0.25, -0.2) is 9.97 Å². The van der Waals surface area contributed by atoms with Crippen molar-refractivity contribution in [3.8, 4) is 34.0 Å². The van der Waals surface area contributed by atoms with Gasteiger partial charge in [0.05, 0.1) is 6.61 Å². The van der Waals surface area contributed by atoms with E-state index < -0.39 is 0 Å². The van der Waals surface area contributed by atoms with Crippen molar-refractivity contribution in [2.45, 2.75) is 117 Å². The van der Waals surface area contributed by atoms with Crippen LogP contribution in [0.15, 0.2) is 60.9 Å². The minimum atomic E-state index is -0.165. The van der Waals surface area contributed by atoms with Crippen molar-refractivity contribution in [1.82, 2.24) is 9.97 Å². The molecular weight excluding hydrogens is 520 g/mol. The number of carbonyl (C=O) groups is 1. The summed E-state index contributed by atoms with van der Waals surface area (Å²) < 4.78 is 11.5. The number of nitrogens with zero attached hydrogens (tertiary/aromatic N) is 2. The van der Waals surface area contributed by atoms with Crippen LogP contribution in [0.5, 0.6) is 11.5 Å². The fraction of sp³-hybridized carbons (Fsp3) is 0.541. The fourth-order valence-electron chi connectivity index (χ4n) is 4.97. The second kappa shape index (κ2) is 19.8. The van der Waals surface area contributed by atoms with Gasteiger partial charge in [-0.15, -0.1) is 0 Å². The van der Waals surface area contributed by atoms with Crippen LogP contribution >= 0.6 is 0 Å². The maximum Gasteiger partial charge on any atom is 0.311 e. The van der Waals surface area contributed by atoms with Crippen molar-refractivity contribution in [2.75, 3.05) is 6.61 Å². The highest BCUT2D eigenvalue weighted by molar-refractivity contribution is 5.73. The van der Waals surface area contributed by atoms with Crippen LogP contribution in [0.25, 0.3) is 22.5 Å². The predicted octanol–water partition coefficient (Wildman–Crippen LogP) is 10.6. The molecule has 1 aromatic heterocycles. The Kier molecular flexibility index (Phi) is 15.7. The standard InChI is InChI=1S/C37H52N2O3/c1-4-6-7-8-9-10-13-16-27-41-34-23-21-32(22-24-34)37-38-28-33(29-39-37)31-19-25-35(26-20-31)42-36(40)18-15-12-11-14-17-30(3)5-2/h19-26,28-30H,4-18,27H2,1-3H3. The van der Waals surface area contributed by atoms with Crippen LogP contribution < -0.4 is 9.47 Å². The number of unbranched alkanes of at least 4 members (excludes halogenated alkanes) is 10. The van der Waals surface area contributed by atoms with Gasteiger partial charge >= 0.3 is 5.97 Å². The van der Waals surface area contributed by atoms with Gasteiger partial charge in [0.2, 0.25) is 0 Å². The first-order valence-electron chi connectivity index (χ1n) is 16.5. The molecule has 0 amide bonds. The van der Waals surface area contributed by atoms with E-state index >= 15 is 0 Å². The number of esters is 1. The number of benzene rings is 2. The summed E-state index contributed by atoms with van der Waals surface area (Å²) in [5.74, 6) is 2.77. The predicted molar refractivity (Wildman–Crippen MR) is 174 cm³/mol. The molecular formula is C37H52N2O3. The zero-order valence-corrected chi connectivity index (χ0v) is 26.3. The molecule has 1 atom stereocenters. The van der Waals surface area contributed by atoms with Crippen molar-refractivity contribution in [1.29, 1.82) is 0 Å². The topological polar surface area (TPSA) is 61.3 Å². The molecule has 3 rings (SSSR count). The number of hydrogen-bond acceptors (Lipinski definition) is 5. The summed E-state index contributed by atoms with van der Waals surface area (Å²) in [7, 11) is 0. The molecule has 0 radical (unpaired) electrons. The van der Waals surface area contributed by atoms with Gasteiger partial charge in [-0.3, -0.25) is 4.79 Å². The number of rotatable bonds is 21. The van der Waals surface area contributed by atoms with Crippen LogP contribution in [0.1, 0.15) is 117 Å². The minimum Gasteiger partial charge on any atom is -0.494 e. The highest BCUT2D eigenvalue weighted by Crippen LogP contribution is 2.25. The van der Waals surface area contributed by atoms with E-state index in [-0.39, 0.29) is 5.97 Å². The third-order valence-electron chi connectivity index (χ3n) is 7.98. The molecule has 5 nitrogen and oxygen atoms in total. The van der Waals surface area contributed by atoms with Gasteiger partial charge in [0, 0.05) is 29.9 Å². The summed E-state index contributed by atoms with van der Waals surface area (Å²) in [6.45, 7) is 7.57. The number of hydrogen-bond donors (Lipinski definition) is 0. The second-order valence-corrected chi connectivity index (χ2v) is 11.6. The average Bonchev–Trinajstić information content (AvgIpc) is 3.02. The first-order chi connectivity index (χ1) is 20.6. The molecule has 5 heteroatoms. The summed E-state index contributed by atoms with van der Waals surface area (Å²) in [6, 6.07) is 15.5. The Morgan fingerprint density at radius 1 is 0.667 bits per heavy atom. The van der Waals surface area contributed by atoms with Crippen LogP contribution in [-0.2, 0) is 4.79 Å². The highest BCUT2D eigenvalue weighted by atomic mass is 16.5. The highest BCUT2D eigenvalue weighted by Gasteiger charge is 2.08. The summed E-state index contributed by atoms with van der Waals surface area (Å²) in [5, 5.41) is 0. The second-order valence-electron chi connectivity index (χ2n) is 11.6. The van der Waals surface area contributed by atoms with Gasteiger partial charge in [-0.1, -0.05) is 110 Å². The molecule has 0 aliphatic rings. The van der Waals surface area contributed by atoms with Gasteiger partial charge in [0.1, 0.15) is 11.5 Å². The zero-order valence-electron chi connectivity index (χ0n) is 26.3. The fourth-order valence-corrected chi connectivity index (χ4v) is 4.97. The molecule has 0 bridgehead atoms. The summed E-state index contributed by atoms with van der Waals surface area (Å²) in [4.78, 5) is 21.4. The van der Waals surface area contributed by atoms with Gasteiger partial charge in [0.25, 0.3) is 0 Å². The average molecular weight is 573 g/mol. The monoisotopic (exact) mass is 572 g/mol. The third-order valence-corrected chi connectivity index (χ3v) is 7.98. The Morgan fingerprint density at radius 2 is 1.24 bits per heavy atom. The lowest BCUT2D eigenvalue weighted by molar-refractivity contribution is -0.134. The first kappa shape index (κ1) is 33.3. The van der Waals surface area contributed by atoms with E-state index in [9.17, 15) is 4.79 Å². The molecule has 1 heterocycles. The lowest BCUT2D eigenvalue weighted by Crippen LogP contribution is -2.07. The van der Waals surface area contributed by atoms with E-state index in [2.05, 4.69) is 30.7 Å². The molecule has 228 valence electrons. The Hall–Kier alpha value is -3.21. The SMILES string of the molecule is CCCCCCCCCCOc1ccc(-c2ncc(-c3ccc(OC(=O)CCCCCCC(C)CC)cc3)cn2)cc1. The molecule has 0 aliphatic carbocycles. The van der Waals surface area contributed by atoms with Crippen LogP contribution in [0.3, 0.4) is 0 Å². The maximum absolute atomic E-state index is 12.2. The molecule has 0 fully saturated rings. The van der Waals surface area contributed by atoms with E-state index in [4.69, 9.17) is 9.47 Å². The molecule has 3 aromatic rings. The Morgan fingerprint density at radius 3 is 1.90 bits per heavy atom. The molecule has 2 aromatic carbocycles. The number of carbonyl (C=O) groups excluding carboxylic acids is 1. The van der Waals surface area contributed by atoms with E-state index in [0.29, 0.717) is 18.0 Å². The Bertz CT molecular complexity index is 1130. The molecule has 0 saturated carbocycles. The van der Waals surface area contributed by atoms with E-state index in [1.54, 1.807) is 0 Å². The molecule has 0 N–H and O–H groups in total. The Labute approximate surface area is 254 Å². The van der Waals surface area contributed by atoms with Gasteiger partial charge in [-0.05, 0) is 60.7 Å². The van der Waals surface area contributed by atoms with Crippen LogP contribution in [-0.4, -0.2) is 22.5 Å². The zero-order chi connectivity index (χ0) is 29.8.